The number of amides is 1. The van der Waals surface area contributed by atoms with Crippen molar-refractivity contribution in [1.82, 2.24) is 4.90 Å². The number of ether oxygens (including phenoxy) is 1. The molecule has 2 rings (SSSR count). The Balaban J connectivity index is 1.99. The third-order valence-electron chi connectivity index (χ3n) is 3.86. The van der Waals surface area contributed by atoms with Crippen molar-refractivity contribution in [3.8, 4) is 5.75 Å². The monoisotopic (exact) mass is 275 g/mol. The average molecular weight is 275 g/mol. The van der Waals surface area contributed by atoms with Gasteiger partial charge in [0.15, 0.2) is 6.10 Å². The lowest BCUT2D eigenvalue weighted by atomic mass is 10.2. The number of hydrogen-bond acceptors (Lipinski definition) is 2. The standard InChI is InChI=1S/C17H25NO2/c1-3-16(20-15-10-8-14(2)9-11-15)17(19)18-12-6-4-5-7-13-18/h8-11,16H,3-7,12-13H2,1-2H3/t16-/m1/s1. The van der Waals surface area contributed by atoms with Gasteiger partial charge in [0.2, 0.25) is 0 Å². The first-order valence-corrected chi connectivity index (χ1v) is 7.73. The summed E-state index contributed by atoms with van der Waals surface area (Å²) in [5, 5.41) is 0. The van der Waals surface area contributed by atoms with E-state index in [0.717, 1.165) is 31.7 Å². The van der Waals surface area contributed by atoms with Gasteiger partial charge in [0.05, 0.1) is 0 Å². The Labute approximate surface area is 121 Å². The van der Waals surface area contributed by atoms with Crippen LogP contribution in [0.15, 0.2) is 24.3 Å². The van der Waals surface area contributed by atoms with Crippen molar-refractivity contribution >= 4 is 5.91 Å². The molecule has 0 saturated carbocycles. The molecule has 1 aromatic carbocycles. The smallest absolute Gasteiger partial charge is 0.263 e. The van der Waals surface area contributed by atoms with E-state index in [1.54, 1.807) is 0 Å². The Morgan fingerprint density at radius 2 is 1.75 bits per heavy atom. The zero-order valence-electron chi connectivity index (χ0n) is 12.6. The number of benzene rings is 1. The van der Waals surface area contributed by atoms with Gasteiger partial charge in [-0.15, -0.1) is 0 Å². The number of nitrogens with zero attached hydrogens (tertiary/aromatic N) is 1. The van der Waals surface area contributed by atoms with Crippen molar-refractivity contribution in [3.05, 3.63) is 29.8 Å². The minimum atomic E-state index is -0.351. The highest BCUT2D eigenvalue weighted by Gasteiger charge is 2.25. The van der Waals surface area contributed by atoms with Crippen molar-refractivity contribution in [2.24, 2.45) is 0 Å². The number of carbonyl (C=O) groups excluding carboxylic acids is 1. The van der Waals surface area contributed by atoms with Gasteiger partial charge in [-0.05, 0) is 38.3 Å². The molecule has 0 radical (unpaired) electrons. The van der Waals surface area contributed by atoms with Crippen LogP contribution in [0.5, 0.6) is 5.75 Å². The van der Waals surface area contributed by atoms with Crippen molar-refractivity contribution in [2.45, 2.75) is 52.1 Å². The zero-order chi connectivity index (χ0) is 14.4. The van der Waals surface area contributed by atoms with E-state index in [-0.39, 0.29) is 12.0 Å². The molecule has 1 aliphatic heterocycles. The first-order valence-electron chi connectivity index (χ1n) is 7.73. The van der Waals surface area contributed by atoms with E-state index in [0.29, 0.717) is 6.42 Å². The predicted octanol–water partition coefficient (Wildman–Crippen LogP) is 3.56. The summed E-state index contributed by atoms with van der Waals surface area (Å²) in [6, 6.07) is 7.90. The number of carbonyl (C=O) groups is 1. The minimum absolute atomic E-state index is 0.148. The second-order valence-electron chi connectivity index (χ2n) is 5.57. The molecule has 1 aliphatic rings. The molecule has 1 saturated heterocycles. The molecule has 0 spiro atoms. The topological polar surface area (TPSA) is 29.5 Å². The van der Waals surface area contributed by atoms with Gasteiger partial charge in [-0.25, -0.2) is 0 Å². The van der Waals surface area contributed by atoms with Crippen LogP contribution < -0.4 is 4.74 Å². The van der Waals surface area contributed by atoms with Gasteiger partial charge in [-0.3, -0.25) is 4.79 Å². The van der Waals surface area contributed by atoms with Crippen LogP contribution in [0.2, 0.25) is 0 Å². The Bertz CT molecular complexity index is 419. The Morgan fingerprint density at radius 1 is 1.15 bits per heavy atom. The molecule has 0 aliphatic carbocycles. The van der Waals surface area contributed by atoms with Crippen LogP contribution in [0.25, 0.3) is 0 Å². The number of likely N-dealkylation sites (tertiary alicyclic amines) is 1. The van der Waals surface area contributed by atoms with Crippen molar-refractivity contribution < 1.29 is 9.53 Å². The second-order valence-corrected chi connectivity index (χ2v) is 5.57. The molecule has 1 aromatic rings. The lowest BCUT2D eigenvalue weighted by molar-refractivity contribution is -0.138. The van der Waals surface area contributed by atoms with Gasteiger partial charge in [-0.1, -0.05) is 37.5 Å². The van der Waals surface area contributed by atoms with Gasteiger partial charge in [-0.2, -0.15) is 0 Å². The fraction of sp³-hybridized carbons (Fsp3) is 0.588. The SMILES string of the molecule is CC[C@@H](Oc1ccc(C)cc1)C(=O)N1CCCCCC1. The summed E-state index contributed by atoms with van der Waals surface area (Å²) in [5.41, 5.74) is 1.20. The maximum atomic E-state index is 12.6. The number of aryl methyl sites for hydroxylation is 1. The zero-order valence-corrected chi connectivity index (χ0v) is 12.6. The quantitative estimate of drug-likeness (QED) is 0.841. The maximum Gasteiger partial charge on any atom is 0.263 e. The minimum Gasteiger partial charge on any atom is -0.481 e. The van der Waals surface area contributed by atoms with Crippen LogP contribution in [-0.4, -0.2) is 30.0 Å². The van der Waals surface area contributed by atoms with Gasteiger partial charge >= 0.3 is 0 Å². The third-order valence-corrected chi connectivity index (χ3v) is 3.86. The van der Waals surface area contributed by atoms with Gasteiger partial charge in [0, 0.05) is 13.1 Å². The molecule has 1 fully saturated rings. The van der Waals surface area contributed by atoms with E-state index >= 15 is 0 Å². The van der Waals surface area contributed by atoms with E-state index in [1.807, 2.05) is 43.0 Å². The molecule has 0 unspecified atom stereocenters. The normalized spacial score (nSPS) is 17.4. The molecular formula is C17H25NO2. The van der Waals surface area contributed by atoms with Gasteiger partial charge in [0.25, 0.3) is 5.91 Å². The molecule has 0 N–H and O–H groups in total. The summed E-state index contributed by atoms with van der Waals surface area (Å²) >= 11 is 0. The summed E-state index contributed by atoms with van der Waals surface area (Å²) in [4.78, 5) is 14.5. The molecule has 0 aromatic heterocycles. The first-order chi connectivity index (χ1) is 9.70. The van der Waals surface area contributed by atoms with Crippen molar-refractivity contribution in [1.29, 1.82) is 0 Å². The van der Waals surface area contributed by atoms with Crippen LogP contribution in [0.1, 0.15) is 44.6 Å². The largest absolute Gasteiger partial charge is 0.481 e. The van der Waals surface area contributed by atoms with Crippen molar-refractivity contribution in [3.63, 3.8) is 0 Å². The Hall–Kier alpha value is -1.51. The highest BCUT2D eigenvalue weighted by atomic mass is 16.5. The fourth-order valence-corrected chi connectivity index (χ4v) is 2.58. The lowest BCUT2D eigenvalue weighted by Gasteiger charge is -2.26. The average Bonchev–Trinajstić information content (AvgIpc) is 2.75. The van der Waals surface area contributed by atoms with Gasteiger partial charge < -0.3 is 9.64 Å². The summed E-state index contributed by atoms with van der Waals surface area (Å²) < 4.78 is 5.88. The summed E-state index contributed by atoms with van der Waals surface area (Å²) in [5.74, 6) is 0.931. The van der Waals surface area contributed by atoms with E-state index in [4.69, 9.17) is 4.74 Å². The Morgan fingerprint density at radius 3 is 2.30 bits per heavy atom. The lowest BCUT2D eigenvalue weighted by Crippen LogP contribution is -2.42. The Kier molecular flexibility index (Phi) is 5.45. The van der Waals surface area contributed by atoms with E-state index in [2.05, 4.69) is 0 Å². The molecular weight excluding hydrogens is 250 g/mol. The molecule has 110 valence electrons. The first kappa shape index (κ1) is 14.9. The molecule has 20 heavy (non-hydrogen) atoms. The van der Waals surface area contributed by atoms with Crippen LogP contribution in [0, 0.1) is 6.92 Å². The van der Waals surface area contributed by atoms with E-state index in [9.17, 15) is 4.79 Å². The van der Waals surface area contributed by atoms with Crippen LogP contribution >= 0.6 is 0 Å². The molecule has 1 amide bonds. The molecule has 0 bridgehead atoms. The van der Waals surface area contributed by atoms with Crippen LogP contribution in [0.3, 0.4) is 0 Å². The number of rotatable bonds is 4. The molecule has 1 atom stereocenters. The molecule has 1 heterocycles. The molecule has 3 heteroatoms. The maximum absolute atomic E-state index is 12.6. The van der Waals surface area contributed by atoms with E-state index in [1.165, 1.54) is 18.4 Å². The molecule has 3 nitrogen and oxygen atoms in total. The highest BCUT2D eigenvalue weighted by Crippen LogP contribution is 2.17. The fourth-order valence-electron chi connectivity index (χ4n) is 2.58. The van der Waals surface area contributed by atoms with Gasteiger partial charge in [0.1, 0.15) is 5.75 Å². The second kappa shape index (κ2) is 7.32. The summed E-state index contributed by atoms with van der Waals surface area (Å²) in [7, 11) is 0. The summed E-state index contributed by atoms with van der Waals surface area (Å²) in [6.07, 6.45) is 5.07. The van der Waals surface area contributed by atoms with Crippen LogP contribution in [0.4, 0.5) is 0 Å². The van der Waals surface area contributed by atoms with E-state index < -0.39 is 0 Å². The van der Waals surface area contributed by atoms with Crippen LogP contribution in [-0.2, 0) is 4.79 Å². The summed E-state index contributed by atoms with van der Waals surface area (Å²) in [6.45, 7) is 5.82. The number of hydrogen-bond donors (Lipinski definition) is 0. The predicted molar refractivity (Wildman–Crippen MR) is 80.9 cm³/mol. The third kappa shape index (κ3) is 3.99. The van der Waals surface area contributed by atoms with Crippen molar-refractivity contribution in [2.75, 3.05) is 13.1 Å². The highest BCUT2D eigenvalue weighted by molar-refractivity contribution is 5.81.